The predicted molar refractivity (Wildman–Crippen MR) is 98.0 cm³/mol. The van der Waals surface area contributed by atoms with Crippen molar-refractivity contribution in [1.29, 1.82) is 5.26 Å². The molecule has 2 aromatic carbocycles. The van der Waals surface area contributed by atoms with Crippen LogP contribution in [0.1, 0.15) is 22.3 Å². The third-order valence-corrected chi connectivity index (χ3v) is 4.36. The number of amides is 2. The van der Waals surface area contributed by atoms with Crippen molar-refractivity contribution in [3.63, 3.8) is 0 Å². The molecular formula is C20H17N3O4. The Labute approximate surface area is 156 Å². The van der Waals surface area contributed by atoms with Crippen LogP contribution in [0.3, 0.4) is 0 Å². The van der Waals surface area contributed by atoms with Crippen LogP contribution in [0.5, 0.6) is 0 Å². The first-order valence-electron chi connectivity index (χ1n) is 8.31. The van der Waals surface area contributed by atoms with Gasteiger partial charge in [0.15, 0.2) is 0 Å². The Balaban J connectivity index is 1.68. The highest BCUT2D eigenvalue weighted by molar-refractivity contribution is 6.03. The largest absolute Gasteiger partial charge is 0.465 e. The van der Waals surface area contributed by atoms with E-state index in [1.54, 1.807) is 48.5 Å². The lowest BCUT2D eigenvalue weighted by molar-refractivity contribution is -0.122. The minimum atomic E-state index is -0.497. The molecule has 27 heavy (non-hydrogen) atoms. The Morgan fingerprint density at radius 3 is 2.63 bits per heavy atom. The average Bonchev–Trinajstić information content (AvgIpc) is 3.09. The Morgan fingerprint density at radius 2 is 1.96 bits per heavy atom. The van der Waals surface area contributed by atoms with E-state index in [-0.39, 0.29) is 24.8 Å². The van der Waals surface area contributed by atoms with E-state index in [4.69, 9.17) is 5.26 Å². The van der Waals surface area contributed by atoms with Gasteiger partial charge in [0.25, 0.3) is 0 Å². The van der Waals surface area contributed by atoms with Crippen molar-refractivity contribution in [1.82, 2.24) is 0 Å². The van der Waals surface area contributed by atoms with Crippen LogP contribution >= 0.6 is 0 Å². The molecule has 0 radical (unpaired) electrons. The SMILES string of the molecule is COC(=O)c1ccc(N2CC(C(=O)Nc3cccc(C#N)c3)CC2=O)cc1. The van der Waals surface area contributed by atoms with E-state index in [0.29, 0.717) is 22.5 Å². The zero-order chi connectivity index (χ0) is 19.4. The summed E-state index contributed by atoms with van der Waals surface area (Å²) < 4.78 is 4.65. The zero-order valence-corrected chi connectivity index (χ0v) is 14.6. The maximum atomic E-state index is 12.5. The number of rotatable bonds is 4. The Bertz CT molecular complexity index is 931. The van der Waals surface area contributed by atoms with Gasteiger partial charge in [-0.05, 0) is 42.5 Å². The topological polar surface area (TPSA) is 99.5 Å². The molecule has 1 heterocycles. The molecule has 1 N–H and O–H groups in total. The molecule has 0 saturated carbocycles. The highest BCUT2D eigenvalue weighted by Gasteiger charge is 2.35. The summed E-state index contributed by atoms with van der Waals surface area (Å²) in [6, 6.07) is 15.1. The molecule has 0 aromatic heterocycles. The second-order valence-electron chi connectivity index (χ2n) is 6.13. The van der Waals surface area contributed by atoms with Crippen molar-refractivity contribution in [2.75, 3.05) is 23.9 Å². The van der Waals surface area contributed by atoms with Crippen molar-refractivity contribution in [3.8, 4) is 6.07 Å². The van der Waals surface area contributed by atoms with Crippen molar-refractivity contribution < 1.29 is 19.1 Å². The molecule has 1 saturated heterocycles. The summed E-state index contributed by atoms with van der Waals surface area (Å²) >= 11 is 0. The number of esters is 1. The minimum Gasteiger partial charge on any atom is -0.465 e. The molecule has 1 aliphatic heterocycles. The van der Waals surface area contributed by atoms with E-state index in [2.05, 4.69) is 10.1 Å². The van der Waals surface area contributed by atoms with Crippen LogP contribution < -0.4 is 10.2 Å². The molecule has 1 fully saturated rings. The first-order chi connectivity index (χ1) is 13.0. The third-order valence-electron chi connectivity index (χ3n) is 4.36. The maximum absolute atomic E-state index is 12.5. The van der Waals surface area contributed by atoms with Gasteiger partial charge >= 0.3 is 5.97 Å². The Kier molecular flexibility index (Phi) is 5.18. The summed E-state index contributed by atoms with van der Waals surface area (Å²) in [5, 5.41) is 11.7. The first kappa shape index (κ1) is 18.1. The van der Waals surface area contributed by atoms with Gasteiger partial charge < -0.3 is 15.0 Å². The van der Waals surface area contributed by atoms with Crippen molar-refractivity contribution >= 4 is 29.2 Å². The van der Waals surface area contributed by atoms with Crippen molar-refractivity contribution in [2.45, 2.75) is 6.42 Å². The van der Waals surface area contributed by atoms with Gasteiger partial charge in [-0.2, -0.15) is 5.26 Å². The second kappa shape index (κ2) is 7.70. The molecule has 1 unspecified atom stereocenters. The number of benzene rings is 2. The quantitative estimate of drug-likeness (QED) is 0.841. The number of hydrogen-bond donors (Lipinski definition) is 1. The van der Waals surface area contributed by atoms with Gasteiger partial charge in [0, 0.05) is 24.3 Å². The lowest BCUT2D eigenvalue weighted by Gasteiger charge is -2.17. The van der Waals surface area contributed by atoms with E-state index in [1.165, 1.54) is 12.0 Å². The molecule has 2 aromatic rings. The van der Waals surface area contributed by atoms with E-state index < -0.39 is 11.9 Å². The number of ether oxygens (including phenoxy) is 1. The van der Waals surface area contributed by atoms with Crippen LogP contribution in [0, 0.1) is 17.2 Å². The van der Waals surface area contributed by atoms with Gasteiger partial charge in [0.2, 0.25) is 11.8 Å². The second-order valence-corrected chi connectivity index (χ2v) is 6.13. The number of methoxy groups -OCH3 is 1. The molecule has 0 bridgehead atoms. The number of anilines is 2. The van der Waals surface area contributed by atoms with E-state index in [9.17, 15) is 14.4 Å². The van der Waals surface area contributed by atoms with Gasteiger partial charge in [0.1, 0.15) is 0 Å². The molecule has 0 spiro atoms. The summed E-state index contributed by atoms with van der Waals surface area (Å²) in [5.41, 5.74) is 1.98. The summed E-state index contributed by atoms with van der Waals surface area (Å²) in [4.78, 5) is 37.8. The van der Waals surface area contributed by atoms with Crippen LogP contribution in [0.4, 0.5) is 11.4 Å². The van der Waals surface area contributed by atoms with Crippen LogP contribution in [0.2, 0.25) is 0 Å². The number of hydrogen-bond acceptors (Lipinski definition) is 5. The number of nitrogens with zero attached hydrogens (tertiary/aromatic N) is 2. The molecule has 0 aliphatic carbocycles. The summed E-state index contributed by atoms with van der Waals surface area (Å²) in [5.74, 6) is -1.38. The molecule has 1 atom stereocenters. The summed E-state index contributed by atoms with van der Waals surface area (Å²) in [6.45, 7) is 0.250. The van der Waals surface area contributed by atoms with E-state index in [1.807, 2.05) is 6.07 Å². The van der Waals surface area contributed by atoms with E-state index >= 15 is 0 Å². The van der Waals surface area contributed by atoms with E-state index in [0.717, 1.165) is 0 Å². The van der Waals surface area contributed by atoms with Crippen molar-refractivity contribution in [2.24, 2.45) is 5.92 Å². The van der Waals surface area contributed by atoms with Gasteiger partial charge in [-0.3, -0.25) is 9.59 Å². The molecule has 7 heteroatoms. The minimum absolute atomic E-state index is 0.0997. The first-order valence-corrected chi connectivity index (χ1v) is 8.31. The van der Waals surface area contributed by atoms with Crippen LogP contribution in [-0.4, -0.2) is 31.4 Å². The van der Waals surface area contributed by atoms with Gasteiger partial charge in [0.05, 0.1) is 30.2 Å². The lowest BCUT2D eigenvalue weighted by Crippen LogP contribution is -2.28. The van der Waals surface area contributed by atoms with Gasteiger partial charge in [-0.15, -0.1) is 0 Å². The lowest BCUT2D eigenvalue weighted by atomic mass is 10.1. The van der Waals surface area contributed by atoms with Crippen LogP contribution in [0.15, 0.2) is 48.5 Å². The van der Waals surface area contributed by atoms with Gasteiger partial charge in [-0.25, -0.2) is 4.79 Å². The molecule has 2 amide bonds. The predicted octanol–water partition coefficient (Wildman–Crippen LogP) is 2.34. The monoisotopic (exact) mass is 363 g/mol. The van der Waals surface area contributed by atoms with Crippen LogP contribution in [0.25, 0.3) is 0 Å². The third kappa shape index (κ3) is 3.96. The number of carbonyl (C=O) groups is 3. The normalized spacial score (nSPS) is 15.9. The zero-order valence-electron chi connectivity index (χ0n) is 14.6. The number of nitriles is 1. The summed E-state index contributed by atoms with van der Waals surface area (Å²) in [6.07, 6.45) is 0.0997. The number of nitrogens with one attached hydrogen (secondary N) is 1. The smallest absolute Gasteiger partial charge is 0.337 e. The summed E-state index contributed by atoms with van der Waals surface area (Å²) in [7, 11) is 1.30. The van der Waals surface area contributed by atoms with Crippen LogP contribution in [-0.2, 0) is 14.3 Å². The molecule has 3 rings (SSSR count). The average molecular weight is 363 g/mol. The Hall–Kier alpha value is -3.66. The highest BCUT2D eigenvalue weighted by Crippen LogP contribution is 2.26. The molecular weight excluding hydrogens is 346 g/mol. The molecule has 7 nitrogen and oxygen atoms in total. The Morgan fingerprint density at radius 1 is 1.22 bits per heavy atom. The van der Waals surface area contributed by atoms with Gasteiger partial charge in [-0.1, -0.05) is 6.07 Å². The molecule has 136 valence electrons. The fourth-order valence-electron chi connectivity index (χ4n) is 2.94. The maximum Gasteiger partial charge on any atom is 0.337 e. The molecule has 1 aliphatic rings. The highest BCUT2D eigenvalue weighted by atomic mass is 16.5. The number of carbonyl (C=O) groups excluding carboxylic acids is 3. The van der Waals surface area contributed by atoms with Crippen molar-refractivity contribution in [3.05, 3.63) is 59.7 Å². The fourth-order valence-corrected chi connectivity index (χ4v) is 2.94. The standard InChI is InChI=1S/C20H17N3O4/c1-27-20(26)14-5-7-17(8-6-14)23-12-15(10-18(23)24)19(25)22-16-4-2-3-13(9-16)11-21/h2-9,15H,10,12H2,1H3,(H,22,25). The fraction of sp³-hybridized carbons (Fsp3) is 0.200.